The van der Waals surface area contributed by atoms with Crippen molar-refractivity contribution in [1.29, 1.82) is 5.26 Å². The van der Waals surface area contributed by atoms with Gasteiger partial charge in [-0.3, -0.25) is 4.68 Å². The first kappa shape index (κ1) is 14.4. The number of benzene rings is 1. The molecule has 1 heterocycles. The zero-order chi connectivity index (χ0) is 15.7. The minimum Gasteiger partial charge on any atom is -0.405 e. The van der Waals surface area contributed by atoms with Gasteiger partial charge >= 0.3 is 6.36 Å². The van der Waals surface area contributed by atoms with Crippen LogP contribution in [-0.2, 0) is 6.54 Å². The number of ether oxygens (including phenoxy) is 1. The number of nitriles is 1. The summed E-state index contributed by atoms with van der Waals surface area (Å²) in [6.45, 7) is 0.770. The van der Waals surface area contributed by atoms with Crippen molar-refractivity contribution in [2.75, 3.05) is 0 Å². The van der Waals surface area contributed by atoms with Gasteiger partial charge in [-0.05, 0) is 37.0 Å². The summed E-state index contributed by atoms with van der Waals surface area (Å²) in [5, 5.41) is 13.0. The van der Waals surface area contributed by atoms with Gasteiger partial charge in [-0.1, -0.05) is 0 Å². The summed E-state index contributed by atoms with van der Waals surface area (Å²) in [5.41, 5.74) is 0.899. The van der Waals surface area contributed by atoms with E-state index in [0.717, 1.165) is 25.5 Å². The third-order valence-electron chi connectivity index (χ3n) is 3.42. The maximum atomic E-state index is 12.5. The van der Waals surface area contributed by atoms with E-state index in [0.29, 0.717) is 11.5 Å². The summed E-state index contributed by atoms with van der Waals surface area (Å²) in [4.78, 5) is 0. The Kier molecular flexibility index (Phi) is 3.53. The highest BCUT2D eigenvalue weighted by molar-refractivity contribution is 5.70. The lowest BCUT2D eigenvalue weighted by Gasteiger charge is -2.12. The normalized spacial score (nSPS) is 14.6. The molecule has 1 aromatic carbocycles. The Hall–Kier alpha value is -2.49. The number of rotatable bonds is 4. The number of hydrogen-bond acceptors (Lipinski definition) is 3. The van der Waals surface area contributed by atoms with Gasteiger partial charge in [0.15, 0.2) is 0 Å². The Bertz CT molecular complexity index is 726. The zero-order valence-electron chi connectivity index (χ0n) is 11.5. The van der Waals surface area contributed by atoms with Gasteiger partial charge in [0.25, 0.3) is 0 Å². The smallest absolute Gasteiger partial charge is 0.405 e. The average Bonchev–Trinajstić information content (AvgIpc) is 3.13. The van der Waals surface area contributed by atoms with Crippen molar-refractivity contribution in [3.63, 3.8) is 0 Å². The molecule has 0 atom stereocenters. The first-order valence-corrected chi connectivity index (χ1v) is 6.77. The first-order chi connectivity index (χ1) is 10.4. The predicted octanol–water partition coefficient (Wildman–Crippen LogP) is 3.73. The van der Waals surface area contributed by atoms with E-state index in [1.54, 1.807) is 16.9 Å². The van der Waals surface area contributed by atoms with Gasteiger partial charge in [-0.25, -0.2) is 0 Å². The fourth-order valence-electron chi connectivity index (χ4n) is 2.21. The number of halogens is 3. The van der Waals surface area contributed by atoms with Crippen LogP contribution in [-0.4, -0.2) is 16.1 Å². The van der Waals surface area contributed by atoms with E-state index in [9.17, 15) is 13.2 Å². The monoisotopic (exact) mass is 307 g/mol. The fraction of sp³-hybridized carbons (Fsp3) is 0.333. The molecule has 4 nitrogen and oxygen atoms in total. The van der Waals surface area contributed by atoms with Gasteiger partial charge < -0.3 is 4.74 Å². The molecule has 0 N–H and O–H groups in total. The van der Waals surface area contributed by atoms with Gasteiger partial charge in [0.05, 0.1) is 17.8 Å². The molecule has 0 unspecified atom stereocenters. The molecule has 0 radical (unpaired) electrons. The van der Waals surface area contributed by atoms with E-state index in [2.05, 4.69) is 9.84 Å². The highest BCUT2D eigenvalue weighted by Crippen LogP contribution is 2.35. The molecule has 114 valence electrons. The van der Waals surface area contributed by atoms with Crippen LogP contribution in [0.5, 0.6) is 5.75 Å². The summed E-state index contributed by atoms with van der Waals surface area (Å²) in [5.74, 6) is 0.220. The number of aromatic nitrogens is 2. The fourth-order valence-corrected chi connectivity index (χ4v) is 2.21. The Morgan fingerprint density at radius 1 is 1.36 bits per heavy atom. The molecule has 3 rings (SSSR count). The first-order valence-electron chi connectivity index (χ1n) is 6.77. The van der Waals surface area contributed by atoms with Crippen molar-refractivity contribution in [3.05, 3.63) is 36.2 Å². The summed E-state index contributed by atoms with van der Waals surface area (Å²) < 4.78 is 43.4. The minimum atomic E-state index is -4.81. The molecule has 2 aromatic rings. The van der Waals surface area contributed by atoms with Crippen molar-refractivity contribution >= 4 is 0 Å². The second kappa shape index (κ2) is 5.37. The average molecular weight is 307 g/mol. The van der Waals surface area contributed by atoms with Crippen molar-refractivity contribution in [2.24, 2.45) is 5.92 Å². The molecule has 0 bridgehead atoms. The van der Waals surface area contributed by atoms with Crippen LogP contribution in [0.2, 0.25) is 0 Å². The van der Waals surface area contributed by atoms with Crippen molar-refractivity contribution in [3.8, 4) is 22.9 Å². The SMILES string of the molecule is N#Cc1ccc(-c2cnn(CC3CC3)c2)c(OC(F)(F)F)c1. The van der Waals surface area contributed by atoms with E-state index >= 15 is 0 Å². The molecule has 0 amide bonds. The summed E-state index contributed by atoms with van der Waals surface area (Å²) >= 11 is 0. The second-order valence-electron chi connectivity index (χ2n) is 5.26. The molecule has 1 aromatic heterocycles. The summed E-state index contributed by atoms with van der Waals surface area (Å²) in [6, 6.07) is 5.79. The van der Waals surface area contributed by atoms with Gasteiger partial charge in [-0.2, -0.15) is 10.4 Å². The standard InChI is InChI=1S/C15H12F3N3O/c16-15(17,18)22-14-5-11(6-19)3-4-13(14)12-7-20-21(9-12)8-10-1-2-10/h3-5,7,9-10H,1-2,8H2. The molecule has 1 saturated carbocycles. The van der Waals surface area contributed by atoms with Gasteiger partial charge in [-0.15, -0.1) is 13.2 Å². The lowest BCUT2D eigenvalue weighted by molar-refractivity contribution is -0.274. The van der Waals surface area contributed by atoms with E-state index in [1.807, 2.05) is 0 Å². The molecule has 7 heteroatoms. The Balaban J connectivity index is 1.94. The topological polar surface area (TPSA) is 50.8 Å². The van der Waals surface area contributed by atoms with Crippen LogP contribution < -0.4 is 4.74 Å². The van der Waals surface area contributed by atoms with E-state index in [4.69, 9.17) is 5.26 Å². The molecule has 22 heavy (non-hydrogen) atoms. The third-order valence-corrected chi connectivity index (χ3v) is 3.42. The van der Waals surface area contributed by atoms with Crippen molar-refractivity contribution < 1.29 is 17.9 Å². The molecule has 1 fully saturated rings. The van der Waals surface area contributed by atoms with Crippen LogP contribution in [0.25, 0.3) is 11.1 Å². The van der Waals surface area contributed by atoms with Crippen LogP contribution in [0.3, 0.4) is 0 Å². The Morgan fingerprint density at radius 2 is 2.14 bits per heavy atom. The molecular formula is C15H12F3N3O. The highest BCUT2D eigenvalue weighted by atomic mass is 19.4. The lowest BCUT2D eigenvalue weighted by Crippen LogP contribution is -2.17. The predicted molar refractivity (Wildman–Crippen MR) is 71.8 cm³/mol. The van der Waals surface area contributed by atoms with Crippen molar-refractivity contribution in [2.45, 2.75) is 25.7 Å². The quantitative estimate of drug-likeness (QED) is 0.865. The molecule has 0 aliphatic heterocycles. The van der Waals surface area contributed by atoms with Crippen LogP contribution in [0.4, 0.5) is 13.2 Å². The second-order valence-corrected chi connectivity index (χ2v) is 5.26. The van der Waals surface area contributed by atoms with Gasteiger partial charge in [0, 0.05) is 23.9 Å². The van der Waals surface area contributed by atoms with Gasteiger partial charge in [0.2, 0.25) is 0 Å². The Morgan fingerprint density at radius 3 is 2.77 bits per heavy atom. The van der Waals surface area contributed by atoms with E-state index < -0.39 is 12.1 Å². The number of nitrogens with zero attached hydrogens (tertiary/aromatic N) is 3. The lowest BCUT2D eigenvalue weighted by atomic mass is 10.1. The molecular weight excluding hydrogens is 295 g/mol. The maximum absolute atomic E-state index is 12.5. The van der Waals surface area contributed by atoms with E-state index in [-0.39, 0.29) is 11.1 Å². The Labute approximate surface area is 124 Å². The van der Waals surface area contributed by atoms with Crippen LogP contribution in [0, 0.1) is 17.2 Å². The molecule has 1 aliphatic carbocycles. The van der Waals surface area contributed by atoms with Crippen LogP contribution in [0.1, 0.15) is 18.4 Å². The molecule has 0 saturated heterocycles. The maximum Gasteiger partial charge on any atom is 0.573 e. The van der Waals surface area contributed by atoms with Crippen LogP contribution >= 0.6 is 0 Å². The van der Waals surface area contributed by atoms with Crippen LogP contribution in [0.15, 0.2) is 30.6 Å². The number of hydrogen-bond donors (Lipinski definition) is 0. The number of alkyl halides is 3. The zero-order valence-corrected chi connectivity index (χ0v) is 11.5. The highest BCUT2D eigenvalue weighted by Gasteiger charge is 2.32. The third kappa shape index (κ3) is 3.39. The van der Waals surface area contributed by atoms with E-state index in [1.165, 1.54) is 18.3 Å². The summed E-state index contributed by atoms with van der Waals surface area (Å²) in [7, 11) is 0. The van der Waals surface area contributed by atoms with Gasteiger partial charge in [0.1, 0.15) is 5.75 Å². The minimum absolute atomic E-state index is 0.105. The summed E-state index contributed by atoms with van der Waals surface area (Å²) in [6.07, 6.45) is 0.714. The molecule has 0 spiro atoms. The molecule has 1 aliphatic rings. The largest absolute Gasteiger partial charge is 0.573 e. The van der Waals surface area contributed by atoms with Crippen molar-refractivity contribution in [1.82, 2.24) is 9.78 Å².